The number of likely N-dealkylation sites (tertiary alicyclic amines) is 1. The van der Waals surface area contributed by atoms with Crippen LogP contribution in [0.25, 0.3) is 11.4 Å². The minimum Gasteiger partial charge on any atom is -0.493 e. The van der Waals surface area contributed by atoms with Gasteiger partial charge in [-0.15, -0.1) is 0 Å². The summed E-state index contributed by atoms with van der Waals surface area (Å²) in [5, 5.41) is 4.13. The number of rotatable bonds is 7. The molecule has 3 aromatic rings. The first-order valence-electron chi connectivity index (χ1n) is 11.2. The van der Waals surface area contributed by atoms with Gasteiger partial charge in [0, 0.05) is 30.1 Å². The summed E-state index contributed by atoms with van der Waals surface area (Å²) in [7, 11) is 3.16. The summed E-state index contributed by atoms with van der Waals surface area (Å²) in [5.41, 5.74) is 7.29. The summed E-state index contributed by atoms with van der Waals surface area (Å²) >= 11 is 0. The van der Waals surface area contributed by atoms with E-state index in [9.17, 15) is 9.59 Å². The van der Waals surface area contributed by atoms with E-state index in [4.69, 9.17) is 19.7 Å². The van der Waals surface area contributed by atoms with Crippen molar-refractivity contribution in [1.82, 2.24) is 15.0 Å². The Kier molecular flexibility index (Phi) is 6.81. The molecule has 0 spiro atoms. The summed E-state index contributed by atoms with van der Waals surface area (Å²) in [6.45, 7) is 2.95. The third-order valence-electron chi connectivity index (χ3n) is 6.30. The average Bonchev–Trinajstić information content (AvgIpc) is 3.38. The van der Waals surface area contributed by atoms with E-state index in [1.807, 2.05) is 24.0 Å². The Bertz CT molecular complexity index is 1180. The maximum absolute atomic E-state index is 13.1. The molecule has 1 atom stereocenters. The van der Waals surface area contributed by atoms with Crippen molar-refractivity contribution in [3.05, 3.63) is 59.5 Å². The minimum absolute atomic E-state index is 0.0244. The molecule has 0 saturated carbocycles. The number of nitrogens with two attached hydrogens (primary N) is 1. The molecule has 2 heterocycles. The van der Waals surface area contributed by atoms with E-state index < -0.39 is 11.8 Å². The molecular weight excluding hydrogens is 436 g/mol. The molecule has 9 heteroatoms. The standard InChI is InChI=1S/C25H28N4O5/c1-15(18-6-4-5-7-19(18)22(26)30)25(31)29-12-10-16(11-13-29)24-27-23(28-34-24)17-8-9-20(32-2)21(14-17)33-3/h4-9,14-16H,10-13H2,1-3H3,(H2,26,30)/t15-/m0/s1. The zero-order chi connectivity index (χ0) is 24.2. The molecule has 0 aliphatic carbocycles. The van der Waals surface area contributed by atoms with Gasteiger partial charge in [0.1, 0.15) is 0 Å². The molecule has 9 nitrogen and oxygen atoms in total. The highest BCUT2D eigenvalue weighted by atomic mass is 16.5. The third kappa shape index (κ3) is 4.59. The van der Waals surface area contributed by atoms with E-state index >= 15 is 0 Å². The van der Waals surface area contributed by atoms with Crippen LogP contribution in [0, 0.1) is 0 Å². The Hall–Kier alpha value is -3.88. The number of hydrogen-bond acceptors (Lipinski definition) is 7. The summed E-state index contributed by atoms with van der Waals surface area (Å²) in [5.74, 6) is 1.30. The van der Waals surface area contributed by atoms with Crippen LogP contribution in [0.2, 0.25) is 0 Å². The highest BCUT2D eigenvalue weighted by Gasteiger charge is 2.31. The number of piperidine rings is 1. The minimum atomic E-state index is -0.532. The molecule has 178 valence electrons. The van der Waals surface area contributed by atoms with E-state index in [2.05, 4.69) is 10.1 Å². The molecule has 1 aromatic heterocycles. The van der Waals surface area contributed by atoms with Gasteiger partial charge >= 0.3 is 0 Å². The van der Waals surface area contributed by atoms with E-state index in [1.54, 1.807) is 44.6 Å². The molecule has 2 amide bonds. The largest absolute Gasteiger partial charge is 0.493 e. The highest BCUT2D eigenvalue weighted by molar-refractivity contribution is 5.96. The van der Waals surface area contributed by atoms with Crippen LogP contribution in [0.5, 0.6) is 11.5 Å². The fraction of sp³-hybridized carbons (Fsp3) is 0.360. The van der Waals surface area contributed by atoms with Crippen LogP contribution >= 0.6 is 0 Å². The number of benzene rings is 2. The van der Waals surface area contributed by atoms with Crippen LogP contribution < -0.4 is 15.2 Å². The molecule has 34 heavy (non-hydrogen) atoms. The zero-order valence-electron chi connectivity index (χ0n) is 19.5. The van der Waals surface area contributed by atoms with Crippen molar-refractivity contribution in [1.29, 1.82) is 0 Å². The lowest BCUT2D eigenvalue weighted by Crippen LogP contribution is -2.40. The second kappa shape index (κ2) is 9.94. The van der Waals surface area contributed by atoms with E-state index in [0.717, 1.165) is 5.56 Å². The first-order chi connectivity index (χ1) is 16.4. The smallest absolute Gasteiger partial charge is 0.249 e. The molecule has 1 aliphatic heterocycles. The second-order valence-electron chi connectivity index (χ2n) is 8.30. The normalized spacial score (nSPS) is 15.1. The number of ether oxygens (including phenoxy) is 2. The van der Waals surface area contributed by atoms with E-state index in [1.165, 1.54) is 0 Å². The predicted molar refractivity (Wildman–Crippen MR) is 125 cm³/mol. The zero-order valence-corrected chi connectivity index (χ0v) is 19.5. The van der Waals surface area contributed by atoms with E-state index in [0.29, 0.717) is 60.3 Å². The van der Waals surface area contributed by atoms with Crippen LogP contribution in [-0.4, -0.2) is 54.2 Å². The summed E-state index contributed by atoms with van der Waals surface area (Å²) in [6, 6.07) is 12.4. The summed E-state index contributed by atoms with van der Waals surface area (Å²) in [4.78, 5) is 31.3. The molecule has 0 unspecified atom stereocenters. The molecule has 1 fully saturated rings. The van der Waals surface area contributed by atoms with Crippen LogP contribution in [0.3, 0.4) is 0 Å². The fourth-order valence-corrected chi connectivity index (χ4v) is 4.35. The summed E-state index contributed by atoms with van der Waals surface area (Å²) in [6.07, 6.45) is 1.42. The molecule has 1 aliphatic rings. The molecule has 0 bridgehead atoms. The Morgan fingerprint density at radius 2 is 1.79 bits per heavy atom. The van der Waals surface area contributed by atoms with E-state index in [-0.39, 0.29) is 11.8 Å². The molecule has 1 saturated heterocycles. The number of aromatic nitrogens is 2. The maximum Gasteiger partial charge on any atom is 0.249 e. The summed E-state index contributed by atoms with van der Waals surface area (Å²) < 4.78 is 16.2. The third-order valence-corrected chi connectivity index (χ3v) is 6.30. The van der Waals surface area contributed by atoms with Gasteiger partial charge in [-0.2, -0.15) is 4.98 Å². The van der Waals surface area contributed by atoms with Gasteiger partial charge in [-0.3, -0.25) is 9.59 Å². The Morgan fingerprint density at radius 1 is 1.09 bits per heavy atom. The number of methoxy groups -OCH3 is 2. The number of carbonyl (C=O) groups excluding carboxylic acids is 2. The van der Waals surface area contributed by atoms with Gasteiger partial charge in [-0.05, 0) is 49.6 Å². The monoisotopic (exact) mass is 464 g/mol. The van der Waals surface area contributed by atoms with Crippen molar-refractivity contribution in [2.45, 2.75) is 31.6 Å². The lowest BCUT2D eigenvalue weighted by molar-refractivity contribution is -0.133. The van der Waals surface area contributed by atoms with Crippen LogP contribution in [0.4, 0.5) is 0 Å². The van der Waals surface area contributed by atoms with Crippen molar-refractivity contribution >= 4 is 11.8 Å². The second-order valence-corrected chi connectivity index (χ2v) is 8.30. The van der Waals surface area contributed by atoms with Gasteiger partial charge in [0.25, 0.3) is 0 Å². The number of carbonyl (C=O) groups is 2. The highest BCUT2D eigenvalue weighted by Crippen LogP contribution is 2.33. The number of hydrogen-bond donors (Lipinski definition) is 1. The Labute approximate surface area is 197 Å². The van der Waals surface area contributed by atoms with Crippen molar-refractivity contribution in [3.63, 3.8) is 0 Å². The molecular formula is C25H28N4O5. The maximum atomic E-state index is 13.1. The quantitative estimate of drug-likeness (QED) is 0.569. The van der Waals surface area contributed by atoms with Crippen LogP contribution in [-0.2, 0) is 4.79 Å². The first kappa shape index (κ1) is 23.3. The van der Waals surface area contributed by atoms with Gasteiger partial charge in [-0.1, -0.05) is 23.4 Å². The molecule has 4 rings (SSSR count). The SMILES string of the molecule is COc1ccc(-c2noc(C3CCN(C(=O)[C@@H](C)c4ccccc4C(N)=O)CC3)n2)cc1OC. The molecule has 2 aromatic carbocycles. The molecule has 0 radical (unpaired) electrons. The topological polar surface area (TPSA) is 121 Å². The van der Waals surface area contributed by atoms with Gasteiger partial charge in [0.05, 0.1) is 20.1 Å². The Morgan fingerprint density at radius 3 is 2.47 bits per heavy atom. The van der Waals surface area contributed by atoms with Gasteiger partial charge < -0.3 is 24.6 Å². The van der Waals surface area contributed by atoms with Gasteiger partial charge in [0.2, 0.25) is 23.5 Å². The van der Waals surface area contributed by atoms with Crippen molar-refractivity contribution < 1.29 is 23.6 Å². The first-order valence-corrected chi connectivity index (χ1v) is 11.2. The lowest BCUT2D eigenvalue weighted by atomic mass is 9.91. The van der Waals surface area contributed by atoms with Crippen LogP contribution in [0.1, 0.15) is 53.4 Å². The van der Waals surface area contributed by atoms with Crippen molar-refractivity contribution in [3.8, 4) is 22.9 Å². The van der Waals surface area contributed by atoms with Gasteiger partial charge in [0.15, 0.2) is 11.5 Å². The lowest BCUT2D eigenvalue weighted by Gasteiger charge is -2.32. The molecule has 2 N–H and O–H groups in total. The number of primary amides is 1. The fourth-order valence-electron chi connectivity index (χ4n) is 4.35. The number of nitrogens with zero attached hydrogens (tertiary/aromatic N) is 3. The van der Waals surface area contributed by atoms with Crippen molar-refractivity contribution in [2.75, 3.05) is 27.3 Å². The average molecular weight is 465 g/mol. The van der Waals surface area contributed by atoms with Gasteiger partial charge in [-0.25, -0.2) is 0 Å². The Balaban J connectivity index is 1.41. The van der Waals surface area contributed by atoms with Crippen molar-refractivity contribution in [2.24, 2.45) is 5.73 Å². The number of amides is 2. The van der Waals surface area contributed by atoms with Crippen LogP contribution in [0.15, 0.2) is 47.0 Å². The predicted octanol–water partition coefficient (Wildman–Crippen LogP) is 3.36.